The molecule has 1 heterocycles. The van der Waals surface area contributed by atoms with Crippen molar-refractivity contribution < 1.29 is 15.0 Å². The average molecular weight is 251 g/mol. The summed E-state index contributed by atoms with van der Waals surface area (Å²) in [7, 11) is 1.82. The Kier molecular flexibility index (Phi) is 3.47. The zero-order chi connectivity index (χ0) is 13.2. The molecule has 0 unspecified atom stereocenters. The molecule has 1 saturated carbocycles. The van der Waals surface area contributed by atoms with Gasteiger partial charge in [-0.05, 0) is 12.8 Å². The highest BCUT2D eigenvalue weighted by Gasteiger charge is 2.32. The summed E-state index contributed by atoms with van der Waals surface area (Å²) in [5.74, 6) is -0.522. The monoisotopic (exact) mass is 251 g/mol. The molecule has 0 saturated heterocycles. The topological polar surface area (TPSA) is 86.5 Å². The Balaban J connectivity index is 2.04. The van der Waals surface area contributed by atoms with E-state index < -0.39 is 11.6 Å². The Bertz CT molecular complexity index is 427. The number of carbonyl (C=O) groups is 1. The van der Waals surface area contributed by atoms with Gasteiger partial charge in [0.2, 0.25) is 0 Å². The number of anilines is 1. The average Bonchev–Trinajstić information content (AvgIpc) is 2.76. The van der Waals surface area contributed by atoms with Gasteiger partial charge in [0.1, 0.15) is 5.82 Å². The fraction of sp³-hybridized carbons (Fsp3) is 0.583. The molecule has 1 aromatic rings. The lowest BCUT2D eigenvalue weighted by molar-refractivity contribution is 0.0557. The third kappa shape index (κ3) is 2.76. The molecule has 1 fully saturated rings. The number of carboxylic acid groups (broad SMARTS) is 1. The lowest BCUT2D eigenvalue weighted by atomic mass is 10.0. The molecule has 0 spiro atoms. The molecule has 0 bridgehead atoms. The highest BCUT2D eigenvalue weighted by molar-refractivity contribution is 5.84. The molecule has 98 valence electrons. The zero-order valence-corrected chi connectivity index (χ0v) is 10.3. The van der Waals surface area contributed by atoms with Crippen LogP contribution in [-0.4, -0.2) is 45.3 Å². The van der Waals surface area contributed by atoms with Crippen LogP contribution in [0.25, 0.3) is 0 Å². The van der Waals surface area contributed by atoms with E-state index in [9.17, 15) is 9.90 Å². The number of aromatic carboxylic acids is 1. The third-order valence-electron chi connectivity index (χ3n) is 3.31. The van der Waals surface area contributed by atoms with Crippen LogP contribution in [0.15, 0.2) is 12.4 Å². The number of hydrogen-bond acceptors (Lipinski definition) is 5. The van der Waals surface area contributed by atoms with Crippen LogP contribution in [0.2, 0.25) is 0 Å². The molecule has 2 rings (SSSR count). The number of carboxylic acids is 1. The maximum Gasteiger partial charge on any atom is 0.356 e. The standard InChI is InChI=1S/C12H17N3O3/c1-15(8-12(18)4-2-3-5-12)10-7-13-9(6-14-10)11(16)17/h6-7,18H,2-5,8H2,1H3,(H,16,17). The molecule has 18 heavy (non-hydrogen) atoms. The number of rotatable bonds is 4. The summed E-state index contributed by atoms with van der Waals surface area (Å²) in [6.07, 6.45) is 6.35. The second-order valence-electron chi connectivity index (χ2n) is 4.85. The highest BCUT2D eigenvalue weighted by Crippen LogP contribution is 2.30. The van der Waals surface area contributed by atoms with Gasteiger partial charge in [0.05, 0.1) is 18.0 Å². The van der Waals surface area contributed by atoms with Gasteiger partial charge in [-0.3, -0.25) is 0 Å². The van der Waals surface area contributed by atoms with Crippen LogP contribution >= 0.6 is 0 Å². The second-order valence-corrected chi connectivity index (χ2v) is 4.85. The third-order valence-corrected chi connectivity index (χ3v) is 3.31. The van der Waals surface area contributed by atoms with Gasteiger partial charge in [-0.25, -0.2) is 14.8 Å². The first-order valence-corrected chi connectivity index (χ1v) is 5.99. The largest absolute Gasteiger partial charge is 0.476 e. The quantitative estimate of drug-likeness (QED) is 0.827. The summed E-state index contributed by atoms with van der Waals surface area (Å²) < 4.78 is 0. The molecule has 0 amide bonds. The van der Waals surface area contributed by atoms with Crippen molar-refractivity contribution in [3.05, 3.63) is 18.1 Å². The maximum absolute atomic E-state index is 10.7. The van der Waals surface area contributed by atoms with Crippen LogP contribution in [0, 0.1) is 0 Å². The van der Waals surface area contributed by atoms with E-state index in [1.54, 1.807) is 0 Å². The van der Waals surface area contributed by atoms with Crippen molar-refractivity contribution in [3.8, 4) is 0 Å². The Labute approximate surface area is 105 Å². The van der Waals surface area contributed by atoms with E-state index in [0.29, 0.717) is 12.4 Å². The van der Waals surface area contributed by atoms with Crippen LogP contribution in [0.1, 0.15) is 36.2 Å². The lowest BCUT2D eigenvalue weighted by Crippen LogP contribution is -2.39. The van der Waals surface area contributed by atoms with Gasteiger partial charge in [0.15, 0.2) is 5.69 Å². The molecule has 6 heteroatoms. The number of hydrogen-bond donors (Lipinski definition) is 2. The molecular formula is C12H17N3O3. The van der Waals surface area contributed by atoms with Crippen molar-refractivity contribution >= 4 is 11.8 Å². The summed E-state index contributed by atoms with van der Waals surface area (Å²) in [6, 6.07) is 0. The Morgan fingerprint density at radius 3 is 2.56 bits per heavy atom. The molecule has 2 N–H and O–H groups in total. The SMILES string of the molecule is CN(CC1(O)CCCC1)c1cnc(C(=O)O)cn1. The molecule has 0 radical (unpaired) electrons. The van der Waals surface area contributed by atoms with Crippen molar-refractivity contribution in [2.45, 2.75) is 31.3 Å². The van der Waals surface area contributed by atoms with Crippen LogP contribution in [-0.2, 0) is 0 Å². The van der Waals surface area contributed by atoms with E-state index in [0.717, 1.165) is 25.7 Å². The summed E-state index contributed by atoms with van der Waals surface area (Å²) in [6.45, 7) is 0.494. The Morgan fingerprint density at radius 1 is 1.39 bits per heavy atom. The van der Waals surface area contributed by atoms with Crippen molar-refractivity contribution in [1.82, 2.24) is 9.97 Å². The summed E-state index contributed by atoms with van der Waals surface area (Å²) in [5.41, 5.74) is -0.728. The van der Waals surface area contributed by atoms with Crippen LogP contribution in [0.3, 0.4) is 0 Å². The first-order chi connectivity index (χ1) is 8.50. The lowest BCUT2D eigenvalue weighted by Gasteiger charge is -2.29. The van der Waals surface area contributed by atoms with E-state index in [1.807, 2.05) is 11.9 Å². The van der Waals surface area contributed by atoms with Crippen LogP contribution in [0.4, 0.5) is 5.82 Å². The van der Waals surface area contributed by atoms with Crippen LogP contribution < -0.4 is 4.90 Å². The number of aliphatic hydroxyl groups is 1. The van der Waals surface area contributed by atoms with E-state index in [4.69, 9.17) is 5.11 Å². The minimum atomic E-state index is -1.09. The predicted molar refractivity (Wildman–Crippen MR) is 65.7 cm³/mol. The van der Waals surface area contributed by atoms with Gasteiger partial charge in [-0.15, -0.1) is 0 Å². The normalized spacial score (nSPS) is 17.7. The minimum absolute atomic E-state index is 0.0771. The molecule has 0 aromatic carbocycles. The molecule has 0 aliphatic heterocycles. The van der Waals surface area contributed by atoms with Crippen molar-refractivity contribution in [3.63, 3.8) is 0 Å². The Morgan fingerprint density at radius 2 is 2.06 bits per heavy atom. The van der Waals surface area contributed by atoms with Gasteiger partial charge in [0.25, 0.3) is 0 Å². The summed E-state index contributed by atoms with van der Waals surface area (Å²) >= 11 is 0. The molecular weight excluding hydrogens is 234 g/mol. The molecule has 6 nitrogen and oxygen atoms in total. The summed E-state index contributed by atoms with van der Waals surface area (Å²) in [5, 5.41) is 19.0. The van der Waals surface area contributed by atoms with Crippen molar-refractivity contribution in [1.29, 1.82) is 0 Å². The van der Waals surface area contributed by atoms with E-state index in [-0.39, 0.29) is 5.69 Å². The molecule has 1 aliphatic carbocycles. The van der Waals surface area contributed by atoms with Gasteiger partial charge < -0.3 is 15.1 Å². The fourth-order valence-corrected chi connectivity index (χ4v) is 2.34. The van der Waals surface area contributed by atoms with Crippen molar-refractivity contribution in [2.75, 3.05) is 18.5 Å². The molecule has 1 aliphatic rings. The minimum Gasteiger partial charge on any atom is -0.476 e. The number of aromatic nitrogens is 2. The summed E-state index contributed by atoms with van der Waals surface area (Å²) in [4.78, 5) is 20.3. The van der Waals surface area contributed by atoms with E-state index >= 15 is 0 Å². The molecule has 1 aromatic heterocycles. The predicted octanol–water partition coefficient (Wildman–Crippen LogP) is 0.916. The second kappa shape index (κ2) is 4.89. The van der Waals surface area contributed by atoms with Crippen LogP contribution in [0.5, 0.6) is 0 Å². The van der Waals surface area contributed by atoms with E-state index in [1.165, 1.54) is 12.4 Å². The highest BCUT2D eigenvalue weighted by atomic mass is 16.4. The maximum atomic E-state index is 10.7. The number of nitrogens with zero attached hydrogens (tertiary/aromatic N) is 3. The van der Waals surface area contributed by atoms with E-state index in [2.05, 4.69) is 9.97 Å². The van der Waals surface area contributed by atoms with Gasteiger partial charge in [-0.1, -0.05) is 12.8 Å². The van der Waals surface area contributed by atoms with Gasteiger partial charge in [-0.2, -0.15) is 0 Å². The first kappa shape index (κ1) is 12.8. The number of likely N-dealkylation sites (N-methyl/N-ethyl adjacent to an activating group) is 1. The Hall–Kier alpha value is -1.69. The fourth-order valence-electron chi connectivity index (χ4n) is 2.34. The smallest absolute Gasteiger partial charge is 0.356 e. The molecule has 0 atom stereocenters. The van der Waals surface area contributed by atoms with Crippen molar-refractivity contribution in [2.24, 2.45) is 0 Å². The first-order valence-electron chi connectivity index (χ1n) is 5.99. The van der Waals surface area contributed by atoms with Gasteiger partial charge >= 0.3 is 5.97 Å². The van der Waals surface area contributed by atoms with Gasteiger partial charge in [0, 0.05) is 13.6 Å². The zero-order valence-electron chi connectivity index (χ0n) is 10.3.